The number of fused-ring (bicyclic) bond motifs is 3. The van der Waals surface area contributed by atoms with Crippen LogP contribution in [0, 0.1) is 5.82 Å². The highest BCUT2D eigenvalue weighted by molar-refractivity contribution is 9.10. The van der Waals surface area contributed by atoms with Crippen LogP contribution in [0.25, 0.3) is 0 Å². The van der Waals surface area contributed by atoms with Crippen molar-refractivity contribution in [1.29, 1.82) is 0 Å². The van der Waals surface area contributed by atoms with E-state index in [0.29, 0.717) is 11.4 Å². The molecule has 1 N–H and O–H groups in total. The van der Waals surface area contributed by atoms with Gasteiger partial charge < -0.3 is 10.2 Å². The summed E-state index contributed by atoms with van der Waals surface area (Å²) >= 11 is 3.09. The van der Waals surface area contributed by atoms with Crippen LogP contribution in [0.1, 0.15) is 6.42 Å². The minimum absolute atomic E-state index is 0.0226. The molecule has 0 spiro atoms. The summed E-state index contributed by atoms with van der Waals surface area (Å²) in [4.78, 5) is 13.7. The summed E-state index contributed by atoms with van der Waals surface area (Å²) in [5.74, 6) is -0.742. The summed E-state index contributed by atoms with van der Waals surface area (Å²) in [6.45, 7) is 0.274. The molecule has 0 aliphatic carbocycles. The highest BCUT2D eigenvalue weighted by Gasteiger charge is 2.36. The lowest BCUT2D eigenvalue weighted by Gasteiger charge is -2.35. The molecule has 2 heterocycles. The Hall–Kier alpha value is -1.15. The summed E-state index contributed by atoms with van der Waals surface area (Å²) in [6.07, 6.45) is 0.0904. The molecular formula is C12H12BrFN2O3S. The maximum Gasteiger partial charge on any atom is 0.226 e. The predicted molar refractivity (Wildman–Crippen MR) is 77.1 cm³/mol. The number of carbonyl (C=O) groups is 1. The van der Waals surface area contributed by atoms with Crippen molar-refractivity contribution in [1.82, 2.24) is 0 Å². The van der Waals surface area contributed by atoms with E-state index in [-0.39, 0.29) is 34.9 Å². The van der Waals surface area contributed by atoms with Gasteiger partial charge in [-0.25, -0.2) is 12.8 Å². The molecule has 20 heavy (non-hydrogen) atoms. The number of carbonyl (C=O) groups excluding carboxylic acids is 1. The zero-order chi connectivity index (χ0) is 14.5. The Kier molecular flexibility index (Phi) is 3.24. The number of hydrogen-bond donors (Lipinski definition) is 1. The van der Waals surface area contributed by atoms with E-state index in [4.69, 9.17) is 0 Å². The van der Waals surface area contributed by atoms with Crippen LogP contribution in [0.15, 0.2) is 16.6 Å². The molecule has 1 amide bonds. The van der Waals surface area contributed by atoms with E-state index >= 15 is 0 Å². The van der Waals surface area contributed by atoms with Crippen molar-refractivity contribution >= 4 is 43.0 Å². The van der Waals surface area contributed by atoms with Crippen molar-refractivity contribution in [2.24, 2.45) is 0 Å². The Morgan fingerprint density at radius 2 is 2.15 bits per heavy atom. The van der Waals surface area contributed by atoms with Gasteiger partial charge in [-0.1, -0.05) is 0 Å². The van der Waals surface area contributed by atoms with Gasteiger partial charge in [0.2, 0.25) is 5.91 Å². The lowest BCUT2D eigenvalue weighted by atomic mass is 10.1. The lowest BCUT2D eigenvalue weighted by Crippen LogP contribution is -2.48. The molecule has 108 valence electrons. The largest absolute Gasteiger partial charge is 0.364 e. The number of rotatable bonds is 0. The SMILES string of the molecule is O=C1CC2CS(=O)(=O)CCN2c2cc(F)c(Br)cc2N1. The number of hydrogen-bond acceptors (Lipinski definition) is 4. The van der Waals surface area contributed by atoms with Gasteiger partial charge in [-0.05, 0) is 22.0 Å². The van der Waals surface area contributed by atoms with E-state index in [2.05, 4.69) is 21.2 Å². The molecule has 0 bridgehead atoms. The summed E-state index contributed by atoms with van der Waals surface area (Å²) in [7, 11) is -3.14. The van der Waals surface area contributed by atoms with Crippen LogP contribution < -0.4 is 10.2 Å². The van der Waals surface area contributed by atoms with E-state index in [1.807, 2.05) is 4.90 Å². The van der Waals surface area contributed by atoms with Crippen LogP contribution in [0.5, 0.6) is 0 Å². The van der Waals surface area contributed by atoms with E-state index in [1.54, 1.807) is 0 Å². The second-order valence-electron chi connectivity index (χ2n) is 5.00. The monoisotopic (exact) mass is 362 g/mol. The first-order valence-corrected chi connectivity index (χ1v) is 8.73. The molecular weight excluding hydrogens is 351 g/mol. The quantitative estimate of drug-likeness (QED) is 0.759. The number of anilines is 2. The number of amides is 1. The molecule has 2 aliphatic rings. The van der Waals surface area contributed by atoms with Gasteiger partial charge >= 0.3 is 0 Å². The normalized spacial score (nSPS) is 24.4. The van der Waals surface area contributed by atoms with Crippen LogP contribution in [0.4, 0.5) is 15.8 Å². The lowest BCUT2D eigenvalue weighted by molar-refractivity contribution is -0.116. The Morgan fingerprint density at radius 3 is 2.90 bits per heavy atom. The molecule has 1 unspecified atom stereocenters. The van der Waals surface area contributed by atoms with Gasteiger partial charge in [-0.2, -0.15) is 0 Å². The number of halogens is 2. The van der Waals surface area contributed by atoms with Gasteiger partial charge in [0, 0.05) is 19.0 Å². The molecule has 1 fully saturated rings. The van der Waals surface area contributed by atoms with Crippen LogP contribution >= 0.6 is 15.9 Å². The summed E-state index contributed by atoms with van der Waals surface area (Å²) in [6, 6.07) is 2.40. The number of nitrogens with zero attached hydrogens (tertiary/aromatic N) is 1. The third kappa shape index (κ3) is 2.42. The number of nitrogens with one attached hydrogen (secondary N) is 1. The minimum Gasteiger partial charge on any atom is -0.364 e. The minimum atomic E-state index is -3.14. The van der Waals surface area contributed by atoms with Crippen LogP contribution in [0.3, 0.4) is 0 Å². The zero-order valence-electron chi connectivity index (χ0n) is 10.4. The van der Waals surface area contributed by atoms with E-state index < -0.39 is 21.7 Å². The van der Waals surface area contributed by atoms with E-state index in [0.717, 1.165) is 0 Å². The van der Waals surface area contributed by atoms with Crippen LogP contribution in [0.2, 0.25) is 0 Å². The summed E-state index contributed by atoms with van der Waals surface area (Å²) < 4.78 is 37.4. The Morgan fingerprint density at radius 1 is 1.40 bits per heavy atom. The van der Waals surface area contributed by atoms with E-state index in [1.165, 1.54) is 12.1 Å². The van der Waals surface area contributed by atoms with Crippen molar-refractivity contribution < 1.29 is 17.6 Å². The standard InChI is InChI=1S/C12H12BrFN2O3S/c13-8-4-10-11(5-9(8)14)16-1-2-20(18,19)6-7(16)3-12(17)15-10/h4-5,7H,1-3,6H2,(H,15,17). The van der Waals surface area contributed by atoms with Crippen molar-refractivity contribution in [3.05, 3.63) is 22.4 Å². The van der Waals surface area contributed by atoms with Gasteiger partial charge in [0.1, 0.15) is 5.82 Å². The molecule has 2 aliphatic heterocycles. The molecule has 5 nitrogen and oxygen atoms in total. The molecule has 0 aromatic heterocycles. The fraction of sp³-hybridized carbons (Fsp3) is 0.417. The van der Waals surface area contributed by atoms with Crippen molar-refractivity contribution in [3.8, 4) is 0 Å². The molecule has 1 aromatic rings. The van der Waals surface area contributed by atoms with E-state index in [9.17, 15) is 17.6 Å². The van der Waals surface area contributed by atoms with Crippen molar-refractivity contribution in [2.45, 2.75) is 12.5 Å². The van der Waals surface area contributed by atoms with Crippen molar-refractivity contribution in [3.63, 3.8) is 0 Å². The van der Waals surface area contributed by atoms with Gasteiger partial charge in [-0.15, -0.1) is 0 Å². The second-order valence-corrected chi connectivity index (χ2v) is 8.08. The molecule has 0 radical (unpaired) electrons. The molecule has 1 saturated heterocycles. The maximum atomic E-state index is 13.7. The van der Waals surface area contributed by atoms with Gasteiger partial charge in [0.05, 0.1) is 33.4 Å². The molecule has 0 saturated carbocycles. The first kappa shape index (κ1) is 13.8. The summed E-state index contributed by atoms with van der Waals surface area (Å²) in [5, 5.41) is 2.70. The fourth-order valence-electron chi connectivity index (χ4n) is 2.66. The first-order chi connectivity index (χ1) is 9.35. The van der Waals surface area contributed by atoms with Gasteiger partial charge in [0.15, 0.2) is 9.84 Å². The Labute approximate surface area is 124 Å². The van der Waals surface area contributed by atoms with Gasteiger partial charge in [0.25, 0.3) is 0 Å². The maximum absolute atomic E-state index is 13.7. The molecule has 8 heteroatoms. The van der Waals surface area contributed by atoms with Crippen LogP contribution in [-0.4, -0.2) is 38.4 Å². The highest BCUT2D eigenvalue weighted by Crippen LogP contribution is 2.36. The Balaban J connectivity index is 2.10. The topological polar surface area (TPSA) is 66.5 Å². The average Bonchev–Trinajstić information content (AvgIpc) is 2.44. The summed E-state index contributed by atoms with van der Waals surface area (Å²) in [5.41, 5.74) is 1.04. The molecule has 1 atom stereocenters. The van der Waals surface area contributed by atoms with Gasteiger partial charge in [-0.3, -0.25) is 4.79 Å². The Bertz CT molecular complexity index is 692. The van der Waals surface area contributed by atoms with Crippen LogP contribution in [-0.2, 0) is 14.6 Å². The van der Waals surface area contributed by atoms with Crippen molar-refractivity contribution in [2.75, 3.05) is 28.3 Å². The highest BCUT2D eigenvalue weighted by atomic mass is 79.9. The number of sulfone groups is 1. The molecule has 3 rings (SSSR count). The first-order valence-electron chi connectivity index (χ1n) is 6.12. The average molecular weight is 363 g/mol. The third-order valence-electron chi connectivity index (χ3n) is 3.57. The number of benzene rings is 1. The molecule has 1 aromatic carbocycles. The predicted octanol–water partition coefficient (Wildman–Crippen LogP) is 1.53. The smallest absolute Gasteiger partial charge is 0.226 e. The second kappa shape index (κ2) is 4.70. The fourth-order valence-corrected chi connectivity index (χ4v) is 4.53. The zero-order valence-corrected chi connectivity index (χ0v) is 12.8. The third-order valence-corrected chi connectivity index (χ3v) is 5.88.